The maximum Gasteiger partial charge on any atom is 0.416 e. The molecule has 1 aromatic carbocycles. The molecule has 2 amide bonds. The summed E-state index contributed by atoms with van der Waals surface area (Å²) in [6.45, 7) is 1.14. The summed E-state index contributed by atoms with van der Waals surface area (Å²) in [5.41, 5.74) is 6.98. The summed E-state index contributed by atoms with van der Waals surface area (Å²) in [6, 6.07) is 0.406. The zero-order valence-corrected chi connectivity index (χ0v) is 11.3. The Hall–Kier alpha value is -1.97. The second kappa shape index (κ2) is 5.19. The van der Waals surface area contributed by atoms with Gasteiger partial charge in [-0.3, -0.25) is 10.9 Å². The number of nitrogens with one attached hydrogen (secondary N) is 2. The van der Waals surface area contributed by atoms with Crippen molar-refractivity contribution in [1.29, 1.82) is 0 Å². The second-order valence-corrected chi connectivity index (χ2v) is 6.03. The van der Waals surface area contributed by atoms with Crippen LogP contribution in [0.15, 0.2) is 17.0 Å². The van der Waals surface area contributed by atoms with Gasteiger partial charge in [0.25, 0.3) is 0 Å². The molecule has 0 aromatic heterocycles. The molecule has 0 atom stereocenters. The van der Waals surface area contributed by atoms with E-state index < -0.39 is 33.3 Å². The smallest absolute Gasteiger partial charge is 0.350 e. The third-order valence-electron chi connectivity index (χ3n) is 2.35. The van der Waals surface area contributed by atoms with Crippen LogP contribution >= 0.6 is 0 Å². The number of carbonyl (C=O) groups is 1. The number of urea groups is 1. The first-order chi connectivity index (χ1) is 8.93. The van der Waals surface area contributed by atoms with Crippen molar-refractivity contribution in [1.82, 2.24) is 5.43 Å². The lowest BCUT2D eigenvalue weighted by Crippen LogP contribution is -2.34. The molecule has 0 aliphatic heterocycles. The number of alkyl halides is 3. The zero-order valence-electron chi connectivity index (χ0n) is 10.5. The van der Waals surface area contributed by atoms with Crippen molar-refractivity contribution in [3.8, 4) is 0 Å². The molecule has 1 rings (SSSR count). The number of carbonyl (C=O) groups excluding carboxylic acids is 1. The molecule has 20 heavy (non-hydrogen) atoms. The highest BCUT2D eigenvalue weighted by atomic mass is 32.2. The highest BCUT2D eigenvalue weighted by molar-refractivity contribution is 7.90. The van der Waals surface area contributed by atoms with E-state index in [1.807, 2.05) is 5.43 Å². The highest BCUT2D eigenvalue weighted by Gasteiger charge is 2.34. The van der Waals surface area contributed by atoms with Crippen molar-refractivity contribution in [3.05, 3.63) is 23.3 Å². The Bertz CT molecular complexity index is 641. The molecule has 0 unspecified atom stereocenters. The average molecular weight is 311 g/mol. The fraction of sp³-hybridized carbons (Fsp3) is 0.300. The molecular weight excluding hydrogens is 299 g/mol. The SMILES string of the molecule is Cc1cc(S(C)(=O)=O)c(NNC(N)=O)cc1C(F)(F)F. The number of anilines is 1. The van der Waals surface area contributed by atoms with Gasteiger partial charge < -0.3 is 5.73 Å². The minimum Gasteiger partial charge on any atom is -0.350 e. The predicted molar refractivity (Wildman–Crippen MR) is 65.6 cm³/mol. The summed E-state index contributed by atoms with van der Waals surface area (Å²) in [5, 5.41) is 0. The van der Waals surface area contributed by atoms with Crippen LogP contribution < -0.4 is 16.6 Å². The normalized spacial score (nSPS) is 12.1. The molecule has 0 fully saturated rings. The number of benzene rings is 1. The van der Waals surface area contributed by atoms with E-state index >= 15 is 0 Å². The second-order valence-electron chi connectivity index (χ2n) is 4.05. The molecule has 1 aromatic rings. The maximum atomic E-state index is 12.8. The third-order valence-corrected chi connectivity index (χ3v) is 3.49. The fourth-order valence-corrected chi connectivity index (χ4v) is 2.42. The first-order valence-electron chi connectivity index (χ1n) is 5.16. The summed E-state index contributed by atoms with van der Waals surface area (Å²) in [7, 11) is -3.79. The summed E-state index contributed by atoms with van der Waals surface area (Å²) in [6.07, 6.45) is -3.81. The van der Waals surface area contributed by atoms with Crippen LogP contribution in [0.3, 0.4) is 0 Å². The van der Waals surface area contributed by atoms with Gasteiger partial charge in [-0.2, -0.15) is 13.2 Å². The molecule has 10 heteroatoms. The van der Waals surface area contributed by atoms with E-state index in [1.54, 1.807) is 0 Å². The number of primary amides is 1. The number of rotatable bonds is 3. The van der Waals surface area contributed by atoms with Crippen molar-refractivity contribution in [2.45, 2.75) is 18.0 Å². The van der Waals surface area contributed by atoms with Crippen molar-refractivity contribution >= 4 is 21.6 Å². The summed E-state index contributed by atoms with van der Waals surface area (Å²) < 4.78 is 61.4. The van der Waals surface area contributed by atoms with Gasteiger partial charge in [0.2, 0.25) is 0 Å². The largest absolute Gasteiger partial charge is 0.416 e. The monoisotopic (exact) mass is 311 g/mol. The maximum absolute atomic E-state index is 12.8. The summed E-state index contributed by atoms with van der Waals surface area (Å²) in [4.78, 5) is 10.2. The topological polar surface area (TPSA) is 101 Å². The van der Waals surface area contributed by atoms with E-state index in [0.717, 1.165) is 19.2 Å². The molecule has 0 saturated heterocycles. The third kappa shape index (κ3) is 3.76. The number of hydrogen-bond acceptors (Lipinski definition) is 4. The van der Waals surface area contributed by atoms with E-state index in [0.29, 0.717) is 6.07 Å². The van der Waals surface area contributed by atoms with Crippen LogP contribution in [-0.4, -0.2) is 20.7 Å². The lowest BCUT2D eigenvalue weighted by Gasteiger charge is -2.16. The standard InChI is InChI=1S/C10H12F3N3O3S/c1-5-3-8(20(2,18)19)7(15-16-9(14)17)4-6(5)10(11,12)13/h3-4,15H,1-2H3,(H3,14,16,17). The van der Waals surface area contributed by atoms with Crippen molar-refractivity contribution in [2.75, 3.05) is 11.7 Å². The first kappa shape index (κ1) is 16.1. The number of amides is 2. The molecule has 0 heterocycles. The van der Waals surface area contributed by atoms with Crippen molar-refractivity contribution < 1.29 is 26.4 Å². The van der Waals surface area contributed by atoms with Crippen LogP contribution in [-0.2, 0) is 16.0 Å². The Morgan fingerprint density at radius 1 is 1.30 bits per heavy atom. The van der Waals surface area contributed by atoms with E-state index in [2.05, 4.69) is 5.43 Å². The summed E-state index contributed by atoms with van der Waals surface area (Å²) >= 11 is 0. The van der Waals surface area contributed by atoms with E-state index in [4.69, 9.17) is 5.73 Å². The van der Waals surface area contributed by atoms with Gasteiger partial charge in [-0.15, -0.1) is 0 Å². The Balaban J connectivity index is 3.46. The van der Waals surface area contributed by atoms with E-state index in [1.165, 1.54) is 0 Å². The van der Waals surface area contributed by atoms with Gasteiger partial charge in [0.15, 0.2) is 9.84 Å². The van der Waals surface area contributed by atoms with Crippen molar-refractivity contribution in [3.63, 3.8) is 0 Å². The van der Waals surface area contributed by atoms with Crippen molar-refractivity contribution in [2.24, 2.45) is 5.73 Å². The van der Waals surface area contributed by atoms with Crippen LogP contribution in [0, 0.1) is 6.92 Å². The number of nitrogens with two attached hydrogens (primary N) is 1. The van der Waals surface area contributed by atoms with Gasteiger partial charge in [0.1, 0.15) is 0 Å². The Labute approximate surface area is 113 Å². The van der Waals surface area contributed by atoms with Gasteiger partial charge in [0.05, 0.1) is 16.1 Å². The van der Waals surface area contributed by atoms with Crippen LogP contribution in [0.25, 0.3) is 0 Å². The molecule has 0 spiro atoms. The molecule has 0 aliphatic carbocycles. The fourth-order valence-electron chi connectivity index (χ4n) is 1.52. The number of sulfone groups is 1. The van der Waals surface area contributed by atoms with Crippen LogP contribution in [0.2, 0.25) is 0 Å². The van der Waals surface area contributed by atoms with Gasteiger partial charge in [0, 0.05) is 6.26 Å². The Morgan fingerprint density at radius 3 is 2.25 bits per heavy atom. The number of halogens is 3. The zero-order chi connectivity index (χ0) is 15.7. The summed E-state index contributed by atoms with van der Waals surface area (Å²) in [5.74, 6) is 0. The molecule has 0 saturated carbocycles. The van der Waals surface area contributed by atoms with E-state index in [-0.39, 0.29) is 10.5 Å². The Kier molecular flexibility index (Phi) is 4.18. The minimum atomic E-state index is -4.65. The lowest BCUT2D eigenvalue weighted by molar-refractivity contribution is -0.138. The van der Waals surface area contributed by atoms with Gasteiger partial charge >= 0.3 is 12.2 Å². The first-order valence-corrected chi connectivity index (χ1v) is 7.05. The number of aryl methyl sites for hydroxylation is 1. The molecule has 0 radical (unpaired) electrons. The molecule has 4 N–H and O–H groups in total. The Morgan fingerprint density at radius 2 is 1.85 bits per heavy atom. The molecule has 0 aliphatic rings. The van der Waals surface area contributed by atoms with Gasteiger partial charge in [-0.05, 0) is 24.6 Å². The van der Waals surface area contributed by atoms with Crippen LogP contribution in [0.4, 0.5) is 23.7 Å². The number of hydrazine groups is 1. The van der Waals surface area contributed by atoms with Crippen LogP contribution in [0.5, 0.6) is 0 Å². The molecule has 6 nitrogen and oxygen atoms in total. The lowest BCUT2D eigenvalue weighted by atomic mass is 10.1. The van der Waals surface area contributed by atoms with E-state index in [9.17, 15) is 26.4 Å². The van der Waals surface area contributed by atoms with Gasteiger partial charge in [-0.1, -0.05) is 0 Å². The predicted octanol–water partition coefficient (Wildman–Crippen LogP) is 1.41. The molecule has 112 valence electrons. The minimum absolute atomic E-state index is 0.248. The van der Waals surface area contributed by atoms with Crippen LogP contribution in [0.1, 0.15) is 11.1 Å². The number of hydrogen-bond donors (Lipinski definition) is 3. The quantitative estimate of drug-likeness (QED) is 0.735. The molecular formula is C10H12F3N3O3S. The highest BCUT2D eigenvalue weighted by Crippen LogP contribution is 2.36. The average Bonchev–Trinajstić information content (AvgIpc) is 2.23. The molecule has 0 bridgehead atoms. The van der Waals surface area contributed by atoms with Gasteiger partial charge in [-0.25, -0.2) is 13.2 Å².